The normalized spacial score (nSPS) is 24.4. The highest BCUT2D eigenvalue weighted by molar-refractivity contribution is 5.26. The summed E-state index contributed by atoms with van der Waals surface area (Å²) >= 11 is 0. The fraction of sp³-hybridized carbons (Fsp3) is 0.625. The second kappa shape index (κ2) is 6.92. The van der Waals surface area contributed by atoms with Gasteiger partial charge in [0, 0.05) is 19.1 Å². The molecule has 0 spiro atoms. The van der Waals surface area contributed by atoms with Crippen molar-refractivity contribution < 1.29 is 4.74 Å². The average Bonchev–Trinajstić information content (AvgIpc) is 2.42. The minimum Gasteiger partial charge on any atom is -0.492 e. The van der Waals surface area contributed by atoms with Crippen LogP contribution in [0.25, 0.3) is 0 Å². The van der Waals surface area contributed by atoms with Gasteiger partial charge in [0.2, 0.25) is 0 Å². The van der Waals surface area contributed by atoms with Gasteiger partial charge in [-0.05, 0) is 44.4 Å². The highest BCUT2D eigenvalue weighted by atomic mass is 16.5. The van der Waals surface area contributed by atoms with Crippen LogP contribution < -0.4 is 10.5 Å². The number of rotatable bonds is 5. The molecule has 1 heterocycles. The van der Waals surface area contributed by atoms with Crippen LogP contribution in [0.5, 0.6) is 5.75 Å². The highest BCUT2D eigenvalue weighted by Gasteiger charge is 2.24. The summed E-state index contributed by atoms with van der Waals surface area (Å²) in [5.41, 5.74) is 7.14. The smallest absolute Gasteiger partial charge is 0.119 e. The zero-order valence-corrected chi connectivity index (χ0v) is 12.1. The number of hydrogen-bond donors (Lipinski definition) is 1. The first kappa shape index (κ1) is 14.4. The topological polar surface area (TPSA) is 38.5 Å². The van der Waals surface area contributed by atoms with E-state index in [0.717, 1.165) is 37.9 Å². The van der Waals surface area contributed by atoms with Crippen LogP contribution in [0.2, 0.25) is 0 Å². The maximum Gasteiger partial charge on any atom is 0.119 e. The number of hydrogen-bond acceptors (Lipinski definition) is 3. The molecule has 1 aromatic carbocycles. The molecule has 0 amide bonds. The number of piperidine rings is 1. The van der Waals surface area contributed by atoms with Gasteiger partial charge in [0.25, 0.3) is 0 Å². The first-order valence-corrected chi connectivity index (χ1v) is 7.32. The Morgan fingerprint density at radius 3 is 2.74 bits per heavy atom. The highest BCUT2D eigenvalue weighted by Crippen LogP contribution is 2.21. The van der Waals surface area contributed by atoms with Crippen molar-refractivity contribution in [2.75, 3.05) is 26.2 Å². The Morgan fingerprint density at radius 1 is 1.32 bits per heavy atom. The van der Waals surface area contributed by atoms with Crippen molar-refractivity contribution in [3.05, 3.63) is 29.8 Å². The van der Waals surface area contributed by atoms with E-state index in [-0.39, 0.29) is 0 Å². The van der Waals surface area contributed by atoms with Crippen molar-refractivity contribution in [3.63, 3.8) is 0 Å². The van der Waals surface area contributed by atoms with Gasteiger partial charge in [-0.15, -0.1) is 0 Å². The molecule has 0 saturated carbocycles. The molecule has 3 nitrogen and oxygen atoms in total. The largest absolute Gasteiger partial charge is 0.492 e. The van der Waals surface area contributed by atoms with Crippen molar-refractivity contribution in [2.45, 2.75) is 32.7 Å². The van der Waals surface area contributed by atoms with Gasteiger partial charge < -0.3 is 10.5 Å². The van der Waals surface area contributed by atoms with E-state index in [1.807, 2.05) is 12.1 Å². The molecule has 0 bridgehead atoms. The summed E-state index contributed by atoms with van der Waals surface area (Å²) in [5, 5.41) is 0. The van der Waals surface area contributed by atoms with Crippen LogP contribution in [0.15, 0.2) is 24.3 Å². The molecular formula is C16H26N2O. The fourth-order valence-electron chi connectivity index (χ4n) is 2.76. The van der Waals surface area contributed by atoms with E-state index in [9.17, 15) is 0 Å². The summed E-state index contributed by atoms with van der Waals surface area (Å²) in [5.74, 6) is 1.77. The monoisotopic (exact) mass is 262 g/mol. The third kappa shape index (κ3) is 4.22. The quantitative estimate of drug-likeness (QED) is 0.885. The molecule has 106 valence electrons. The fourth-order valence-corrected chi connectivity index (χ4v) is 2.76. The van der Waals surface area contributed by atoms with Crippen LogP contribution >= 0.6 is 0 Å². The van der Waals surface area contributed by atoms with Gasteiger partial charge in [0.1, 0.15) is 12.4 Å². The van der Waals surface area contributed by atoms with E-state index >= 15 is 0 Å². The number of aryl methyl sites for hydroxylation is 1. The maximum absolute atomic E-state index is 5.87. The molecule has 0 aliphatic carbocycles. The Morgan fingerprint density at radius 2 is 2.05 bits per heavy atom. The van der Waals surface area contributed by atoms with E-state index in [2.05, 4.69) is 30.9 Å². The van der Waals surface area contributed by atoms with Crippen LogP contribution in [-0.4, -0.2) is 37.2 Å². The minimum absolute atomic E-state index is 0.533. The third-order valence-electron chi connectivity index (χ3n) is 4.04. The van der Waals surface area contributed by atoms with Crippen LogP contribution in [-0.2, 0) is 0 Å². The van der Waals surface area contributed by atoms with Crippen molar-refractivity contribution in [3.8, 4) is 5.75 Å². The molecule has 1 aliphatic heterocycles. The third-order valence-corrected chi connectivity index (χ3v) is 4.04. The average molecular weight is 262 g/mol. The number of ether oxygens (including phenoxy) is 1. The molecule has 1 aliphatic rings. The van der Waals surface area contributed by atoms with Crippen molar-refractivity contribution >= 4 is 0 Å². The molecule has 3 heteroatoms. The first-order valence-electron chi connectivity index (χ1n) is 7.32. The first-order chi connectivity index (χ1) is 9.19. The Hall–Kier alpha value is -1.06. The summed E-state index contributed by atoms with van der Waals surface area (Å²) in [6.45, 7) is 8.04. The predicted octanol–water partition coefficient (Wildman–Crippen LogP) is 2.43. The molecule has 2 rings (SSSR count). The molecule has 1 aromatic rings. The number of nitrogens with two attached hydrogens (primary N) is 1. The van der Waals surface area contributed by atoms with Gasteiger partial charge in [0.05, 0.1) is 0 Å². The van der Waals surface area contributed by atoms with E-state index < -0.39 is 0 Å². The Bertz CT molecular complexity index is 377. The van der Waals surface area contributed by atoms with Gasteiger partial charge in [-0.1, -0.05) is 24.6 Å². The van der Waals surface area contributed by atoms with E-state index in [1.165, 1.54) is 18.4 Å². The molecule has 0 radical (unpaired) electrons. The molecule has 2 N–H and O–H groups in total. The lowest BCUT2D eigenvalue weighted by Gasteiger charge is -2.37. The standard InChI is InChI=1S/C16H26N2O/c1-13-3-5-16(6-4-13)19-10-9-18-8-7-14(2)11-15(18)12-17/h3-6,14-15H,7-12,17H2,1-2H3. The minimum atomic E-state index is 0.533. The van der Waals surface area contributed by atoms with Crippen LogP contribution in [0.1, 0.15) is 25.3 Å². The number of benzene rings is 1. The van der Waals surface area contributed by atoms with E-state index in [4.69, 9.17) is 10.5 Å². The molecule has 1 fully saturated rings. The van der Waals surface area contributed by atoms with E-state index in [0.29, 0.717) is 6.04 Å². The van der Waals surface area contributed by atoms with Gasteiger partial charge in [-0.25, -0.2) is 0 Å². The van der Waals surface area contributed by atoms with Crippen LogP contribution in [0.3, 0.4) is 0 Å². The molecule has 2 unspecified atom stereocenters. The number of likely N-dealkylation sites (tertiary alicyclic amines) is 1. The molecule has 2 atom stereocenters. The lowest BCUT2D eigenvalue weighted by molar-refractivity contribution is 0.103. The van der Waals surface area contributed by atoms with Gasteiger partial charge in [-0.3, -0.25) is 4.90 Å². The van der Waals surface area contributed by atoms with E-state index in [1.54, 1.807) is 0 Å². The van der Waals surface area contributed by atoms with Crippen LogP contribution in [0, 0.1) is 12.8 Å². The summed E-state index contributed by atoms with van der Waals surface area (Å²) in [6, 6.07) is 8.77. The van der Waals surface area contributed by atoms with Gasteiger partial charge >= 0.3 is 0 Å². The molecule has 19 heavy (non-hydrogen) atoms. The summed E-state index contributed by atoms with van der Waals surface area (Å²) < 4.78 is 5.80. The predicted molar refractivity (Wildman–Crippen MR) is 79.5 cm³/mol. The second-order valence-electron chi connectivity index (χ2n) is 5.72. The van der Waals surface area contributed by atoms with Crippen LogP contribution in [0.4, 0.5) is 0 Å². The molecule has 1 saturated heterocycles. The van der Waals surface area contributed by atoms with Gasteiger partial charge in [0.15, 0.2) is 0 Å². The summed E-state index contributed by atoms with van der Waals surface area (Å²) in [4.78, 5) is 2.48. The number of nitrogens with zero attached hydrogens (tertiary/aromatic N) is 1. The van der Waals surface area contributed by atoms with Crippen molar-refractivity contribution in [1.82, 2.24) is 4.90 Å². The Balaban J connectivity index is 1.77. The second-order valence-corrected chi connectivity index (χ2v) is 5.72. The molecular weight excluding hydrogens is 236 g/mol. The molecule has 0 aromatic heterocycles. The lowest BCUT2D eigenvalue weighted by Crippen LogP contribution is -2.47. The lowest BCUT2D eigenvalue weighted by atomic mass is 9.92. The Kier molecular flexibility index (Phi) is 5.23. The summed E-state index contributed by atoms with van der Waals surface area (Å²) in [6.07, 6.45) is 2.50. The zero-order valence-electron chi connectivity index (χ0n) is 12.1. The van der Waals surface area contributed by atoms with Crippen molar-refractivity contribution in [1.29, 1.82) is 0 Å². The zero-order chi connectivity index (χ0) is 13.7. The summed E-state index contributed by atoms with van der Waals surface area (Å²) in [7, 11) is 0. The SMILES string of the molecule is Cc1ccc(OCCN2CCC(C)CC2CN)cc1. The van der Waals surface area contributed by atoms with Gasteiger partial charge in [-0.2, -0.15) is 0 Å². The maximum atomic E-state index is 5.87. The Labute approximate surface area is 116 Å². The van der Waals surface area contributed by atoms with Crippen molar-refractivity contribution in [2.24, 2.45) is 11.7 Å².